The number of hydrogen-bond donors (Lipinski definition) is 4. The Morgan fingerprint density at radius 2 is 2.00 bits per heavy atom. The van der Waals surface area contributed by atoms with E-state index in [1.165, 1.54) is 17.3 Å². The third-order valence-electron chi connectivity index (χ3n) is 5.96. The van der Waals surface area contributed by atoms with E-state index < -0.39 is 24.2 Å². The van der Waals surface area contributed by atoms with Gasteiger partial charge in [0.2, 0.25) is 5.91 Å². The van der Waals surface area contributed by atoms with Crippen LogP contribution in [0, 0.1) is 12.8 Å². The molecular weight excluding hydrogens is 404 g/mol. The van der Waals surface area contributed by atoms with Gasteiger partial charge in [-0.2, -0.15) is 0 Å². The van der Waals surface area contributed by atoms with Crippen LogP contribution in [0.4, 0.5) is 5.69 Å². The number of nitrogens with one attached hydrogen (secondary N) is 2. The quantitative estimate of drug-likeness (QED) is 0.533. The molecule has 3 aliphatic rings. The molecule has 4 N–H and O–H groups in total. The lowest BCUT2D eigenvalue weighted by Crippen LogP contribution is -2.54. The number of benzene rings is 1. The summed E-state index contributed by atoms with van der Waals surface area (Å²) in [7, 11) is 0. The Labute approximate surface area is 181 Å². The lowest BCUT2D eigenvalue weighted by atomic mass is 9.81. The van der Waals surface area contributed by atoms with E-state index in [2.05, 4.69) is 20.5 Å². The number of morpholine rings is 1. The first-order valence-electron chi connectivity index (χ1n) is 10.5. The number of aliphatic hydroxyl groups excluding tert-OH is 2. The molecule has 1 amide bonds. The lowest BCUT2D eigenvalue weighted by Gasteiger charge is -2.37. The molecule has 0 radical (unpaired) electrons. The first-order valence-corrected chi connectivity index (χ1v) is 11.4. The molecule has 2 heterocycles. The molecule has 8 nitrogen and oxygen atoms in total. The Morgan fingerprint density at radius 1 is 1.27 bits per heavy atom. The van der Waals surface area contributed by atoms with E-state index in [-0.39, 0.29) is 17.6 Å². The molecule has 0 bridgehead atoms. The topological polar surface area (TPSA) is 106 Å². The number of carbonyl (C=O) groups is 1. The van der Waals surface area contributed by atoms with Gasteiger partial charge in [0.15, 0.2) is 5.17 Å². The Morgan fingerprint density at radius 3 is 2.73 bits per heavy atom. The highest BCUT2D eigenvalue weighted by Crippen LogP contribution is 2.41. The number of aliphatic imine (C=N–C) groups is 1. The summed E-state index contributed by atoms with van der Waals surface area (Å²) in [5.41, 5.74) is 2.08. The largest absolute Gasteiger partial charge is 0.390 e. The van der Waals surface area contributed by atoms with Crippen molar-refractivity contribution in [1.82, 2.24) is 10.2 Å². The van der Waals surface area contributed by atoms with E-state index in [4.69, 9.17) is 4.74 Å². The number of thioether (sulfide) groups is 1. The normalized spacial score (nSPS) is 31.7. The number of amidine groups is 1. The minimum atomic E-state index is -0.961. The fourth-order valence-corrected chi connectivity index (χ4v) is 5.54. The summed E-state index contributed by atoms with van der Waals surface area (Å²) >= 11 is 1.48. The van der Waals surface area contributed by atoms with E-state index >= 15 is 0 Å². The van der Waals surface area contributed by atoms with Crippen LogP contribution in [0.15, 0.2) is 29.3 Å². The number of hydrogen-bond acceptors (Lipinski definition) is 8. The third kappa shape index (κ3) is 4.97. The number of amides is 1. The summed E-state index contributed by atoms with van der Waals surface area (Å²) in [5.74, 6) is -0.479. The minimum absolute atomic E-state index is 0.0801. The number of aliphatic hydroxyl groups is 2. The number of nitrogens with zero attached hydrogens (tertiary/aromatic N) is 2. The number of anilines is 1. The van der Waals surface area contributed by atoms with Gasteiger partial charge in [-0.15, -0.1) is 0 Å². The zero-order valence-electron chi connectivity index (χ0n) is 17.2. The molecule has 1 saturated heterocycles. The molecule has 0 spiro atoms. The minimum Gasteiger partial charge on any atom is -0.390 e. The van der Waals surface area contributed by atoms with Crippen molar-refractivity contribution in [3.05, 3.63) is 29.8 Å². The van der Waals surface area contributed by atoms with Crippen LogP contribution in [0.2, 0.25) is 0 Å². The number of ether oxygens (including phenoxy) is 1. The maximum Gasteiger partial charge on any atom is 0.224 e. The molecule has 30 heavy (non-hydrogen) atoms. The maximum atomic E-state index is 12.9. The Hall–Kier alpha value is -1.65. The third-order valence-corrected chi connectivity index (χ3v) is 7.27. The van der Waals surface area contributed by atoms with Crippen LogP contribution in [0.25, 0.3) is 0 Å². The fraction of sp³-hybridized carbons (Fsp3) is 0.619. The molecule has 9 heteroatoms. The van der Waals surface area contributed by atoms with Gasteiger partial charge in [0.1, 0.15) is 6.10 Å². The summed E-state index contributed by atoms with van der Waals surface area (Å²) in [6.45, 7) is 6.60. The van der Waals surface area contributed by atoms with Gasteiger partial charge >= 0.3 is 0 Å². The van der Waals surface area contributed by atoms with E-state index in [1.807, 2.05) is 31.2 Å². The van der Waals surface area contributed by atoms with Gasteiger partial charge in [0.25, 0.3) is 0 Å². The fourth-order valence-electron chi connectivity index (χ4n) is 4.16. The van der Waals surface area contributed by atoms with Crippen molar-refractivity contribution >= 4 is 28.5 Å². The molecule has 0 unspecified atom stereocenters. The Bertz CT molecular complexity index is 769. The van der Waals surface area contributed by atoms with Crippen molar-refractivity contribution in [3.8, 4) is 0 Å². The summed E-state index contributed by atoms with van der Waals surface area (Å²) in [6.07, 6.45) is -1.67. The van der Waals surface area contributed by atoms with Gasteiger partial charge in [-0.25, -0.2) is 0 Å². The van der Waals surface area contributed by atoms with Crippen molar-refractivity contribution in [3.63, 3.8) is 0 Å². The first-order chi connectivity index (χ1) is 14.5. The average molecular weight is 435 g/mol. The van der Waals surface area contributed by atoms with Crippen LogP contribution in [0.1, 0.15) is 12.0 Å². The second kappa shape index (κ2) is 9.65. The van der Waals surface area contributed by atoms with Crippen LogP contribution >= 0.6 is 11.8 Å². The van der Waals surface area contributed by atoms with Gasteiger partial charge in [-0.05, 0) is 25.5 Å². The van der Waals surface area contributed by atoms with Gasteiger partial charge < -0.3 is 25.6 Å². The van der Waals surface area contributed by atoms with Crippen LogP contribution in [0.3, 0.4) is 0 Å². The number of fused-ring (bicyclic) bond motifs is 1. The van der Waals surface area contributed by atoms with Crippen molar-refractivity contribution in [2.24, 2.45) is 10.9 Å². The maximum absolute atomic E-state index is 12.9. The van der Waals surface area contributed by atoms with E-state index in [1.54, 1.807) is 0 Å². The predicted octanol–water partition coefficient (Wildman–Crippen LogP) is 0.437. The van der Waals surface area contributed by atoms with Crippen molar-refractivity contribution < 1.29 is 19.7 Å². The highest BCUT2D eigenvalue weighted by atomic mass is 32.2. The van der Waals surface area contributed by atoms with Crippen molar-refractivity contribution in [2.45, 2.75) is 36.8 Å². The van der Waals surface area contributed by atoms with Gasteiger partial charge in [-0.3, -0.25) is 14.7 Å². The van der Waals surface area contributed by atoms with Gasteiger partial charge in [-0.1, -0.05) is 29.5 Å². The molecule has 1 aromatic carbocycles. The van der Waals surface area contributed by atoms with Gasteiger partial charge in [0.05, 0.1) is 31.3 Å². The zero-order valence-corrected chi connectivity index (χ0v) is 18.0. The lowest BCUT2D eigenvalue weighted by molar-refractivity contribution is -0.129. The van der Waals surface area contributed by atoms with Gasteiger partial charge in [0, 0.05) is 37.1 Å². The van der Waals surface area contributed by atoms with E-state index in [0.717, 1.165) is 38.5 Å². The Kier molecular flexibility index (Phi) is 6.94. The number of aryl methyl sites for hydroxylation is 1. The highest BCUT2D eigenvalue weighted by Gasteiger charge is 2.50. The van der Waals surface area contributed by atoms with Crippen LogP contribution in [0.5, 0.6) is 0 Å². The predicted molar refractivity (Wildman–Crippen MR) is 118 cm³/mol. The van der Waals surface area contributed by atoms with Crippen molar-refractivity contribution in [2.75, 3.05) is 44.7 Å². The smallest absolute Gasteiger partial charge is 0.224 e. The Balaban J connectivity index is 1.36. The second-order valence-corrected chi connectivity index (χ2v) is 9.31. The summed E-state index contributed by atoms with van der Waals surface area (Å²) < 4.78 is 5.35. The monoisotopic (exact) mass is 434 g/mol. The van der Waals surface area contributed by atoms with E-state index in [9.17, 15) is 15.0 Å². The number of carbonyl (C=O) groups excluding carboxylic acids is 1. The summed E-state index contributed by atoms with van der Waals surface area (Å²) in [5, 5.41) is 27.6. The molecule has 2 fully saturated rings. The molecule has 164 valence electrons. The standard InChI is InChI=1S/C21H30N4O4S/c1-13-2-4-14(5-3-13)23-21-24-17-18(27)16(26)12-15(19(17)30-21)20(28)22-6-7-25-8-10-29-11-9-25/h2-5,15-19,26-27H,6-12H2,1H3,(H,22,28)(H,23,24)/t15-,16+,17-,18-,19+/m0/s1. The molecule has 1 aromatic rings. The first kappa shape index (κ1) is 21.6. The van der Waals surface area contributed by atoms with Crippen LogP contribution in [-0.4, -0.2) is 89.1 Å². The molecule has 1 aliphatic carbocycles. The molecular formula is C21H30N4O4S. The van der Waals surface area contributed by atoms with Crippen molar-refractivity contribution in [1.29, 1.82) is 0 Å². The summed E-state index contributed by atoms with van der Waals surface area (Å²) in [6, 6.07) is 7.47. The highest BCUT2D eigenvalue weighted by molar-refractivity contribution is 8.15. The molecule has 0 aromatic heterocycles. The molecule has 4 rings (SSSR count). The van der Waals surface area contributed by atoms with E-state index in [0.29, 0.717) is 11.7 Å². The molecule has 1 saturated carbocycles. The second-order valence-electron chi connectivity index (χ2n) is 8.14. The average Bonchev–Trinajstić information content (AvgIpc) is 3.17. The van der Waals surface area contributed by atoms with Crippen LogP contribution < -0.4 is 10.6 Å². The molecule has 2 aliphatic heterocycles. The number of rotatable bonds is 5. The van der Waals surface area contributed by atoms with Crippen LogP contribution in [-0.2, 0) is 9.53 Å². The summed E-state index contributed by atoms with van der Waals surface area (Å²) in [4.78, 5) is 19.8. The zero-order chi connectivity index (χ0) is 21.1. The SMILES string of the molecule is Cc1ccc(NC2=N[C@H]3[C@@H](O)[C@H](O)C[C@H](C(=O)NCCN4CCOCC4)[C@H]3S2)cc1. The molecule has 5 atom stereocenters.